The molecular weight excluding hydrogens is 256 g/mol. The molecule has 0 aromatic rings. The first-order valence-corrected chi connectivity index (χ1v) is 7.74. The Labute approximate surface area is 121 Å². The van der Waals surface area contributed by atoms with Gasteiger partial charge in [-0.15, -0.1) is 0 Å². The molecule has 2 fully saturated rings. The van der Waals surface area contributed by atoms with Crippen molar-refractivity contribution in [2.75, 3.05) is 20.3 Å². The van der Waals surface area contributed by atoms with Crippen molar-refractivity contribution in [1.29, 1.82) is 0 Å². The van der Waals surface area contributed by atoms with Crippen molar-refractivity contribution in [3.8, 4) is 0 Å². The van der Waals surface area contributed by atoms with E-state index in [0.29, 0.717) is 18.5 Å². The van der Waals surface area contributed by atoms with Crippen molar-refractivity contribution < 1.29 is 14.6 Å². The van der Waals surface area contributed by atoms with E-state index in [-0.39, 0.29) is 6.04 Å². The largest absolute Gasteiger partial charge is 0.480 e. The summed E-state index contributed by atoms with van der Waals surface area (Å²) in [6.45, 7) is 5.68. The van der Waals surface area contributed by atoms with Crippen LogP contribution in [0.5, 0.6) is 0 Å². The molecule has 0 aliphatic heterocycles. The average molecular weight is 284 g/mol. The van der Waals surface area contributed by atoms with Crippen molar-refractivity contribution in [2.45, 2.75) is 69.6 Å². The van der Waals surface area contributed by atoms with E-state index in [4.69, 9.17) is 4.74 Å². The van der Waals surface area contributed by atoms with Crippen molar-refractivity contribution in [3.05, 3.63) is 0 Å². The van der Waals surface area contributed by atoms with E-state index in [1.807, 2.05) is 13.8 Å². The Kier molecular flexibility index (Phi) is 5.04. The summed E-state index contributed by atoms with van der Waals surface area (Å²) < 4.78 is 5.20. The van der Waals surface area contributed by atoms with Crippen LogP contribution in [0.1, 0.15) is 46.0 Å². The molecule has 0 amide bonds. The molecule has 2 aliphatic carbocycles. The second kappa shape index (κ2) is 6.41. The van der Waals surface area contributed by atoms with E-state index in [2.05, 4.69) is 10.2 Å². The number of methoxy groups -OCH3 is 1. The SMILES string of the molecule is COCCN(C1CC1)C1CCC(NC(C)C)(C(=O)O)C1. The number of ether oxygens (including phenoxy) is 1. The highest BCUT2D eigenvalue weighted by Crippen LogP contribution is 2.38. The van der Waals surface area contributed by atoms with E-state index in [1.165, 1.54) is 12.8 Å². The first-order chi connectivity index (χ1) is 9.48. The van der Waals surface area contributed by atoms with Gasteiger partial charge in [-0.3, -0.25) is 15.0 Å². The molecular formula is C15H28N2O3. The highest BCUT2D eigenvalue weighted by Gasteiger charge is 2.49. The number of hydrogen-bond donors (Lipinski definition) is 2. The predicted octanol–water partition coefficient (Wildman–Crippen LogP) is 1.47. The fraction of sp³-hybridized carbons (Fsp3) is 0.933. The third-order valence-electron chi connectivity index (χ3n) is 4.50. The van der Waals surface area contributed by atoms with Crippen molar-refractivity contribution >= 4 is 5.97 Å². The van der Waals surface area contributed by atoms with Gasteiger partial charge in [-0.1, -0.05) is 0 Å². The van der Waals surface area contributed by atoms with E-state index >= 15 is 0 Å². The van der Waals surface area contributed by atoms with Gasteiger partial charge >= 0.3 is 5.97 Å². The molecule has 0 saturated heterocycles. The van der Waals surface area contributed by atoms with Gasteiger partial charge < -0.3 is 9.84 Å². The molecule has 0 bridgehead atoms. The van der Waals surface area contributed by atoms with Crippen molar-refractivity contribution in [1.82, 2.24) is 10.2 Å². The summed E-state index contributed by atoms with van der Waals surface area (Å²) in [6.07, 6.45) is 4.89. The van der Waals surface area contributed by atoms with Crippen LogP contribution in [0.25, 0.3) is 0 Å². The summed E-state index contributed by atoms with van der Waals surface area (Å²) in [5, 5.41) is 12.9. The Morgan fingerprint density at radius 3 is 2.60 bits per heavy atom. The number of carbonyl (C=O) groups is 1. The van der Waals surface area contributed by atoms with Crippen molar-refractivity contribution in [2.24, 2.45) is 0 Å². The van der Waals surface area contributed by atoms with Crippen LogP contribution in [-0.4, -0.2) is 59.9 Å². The summed E-state index contributed by atoms with van der Waals surface area (Å²) in [7, 11) is 1.72. The Morgan fingerprint density at radius 2 is 2.10 bits per heavy atom. The third-order valence-corrected chi connectivity index (χ3v) is 4.50. The van der Waals surface area contributed by atoms with Gasteiger partial charge in [0.1, 0.15) is 5.54 Å². The van der Waals surface area contributed by atoms with Crippen LogP contribution in [0.2, 0.25) is 0 Å². The van der Waals surface area contributed by atoms with Gasteiger partial charge in [-0.2, -0.15) is 0 Å². The molecule has 0 aromatic carbocycles. The molecule has 2 atom stereocenters. The number of aliphatic carboxylic acids is 1. The lowest BCUT2D eigenvalue weighted by atomic mass is 9.96. The zero-order valence-corrected chi connectivity index (χ0v) is 12.9. The zero-order valence-electron chi connectivity index (χ0n) is 12.9. The lowest BCUT2D eigenvalue weighted by Gasteiger charge is -2.32. The van der Waals surface area contributed by atoms with E-state index in [1.54, 1.807) is 7.11 Å². The van der Waals surface area contributed by atoms with Gasteiger partial charge in [0.15, 0.2) is 0 Å². The molecule has 5 heteroatoms. The molecule has 2 saturated carbocycles. The van der Waals surface area contributed by atoms with E-state index < -0.39 is 11.5 Å². The molecule has 20 heavy (non-hydrogen) atoms. The summed E-state index contributed by atoms with van der Waals surface area (Å²) in [5.41, 5.74) is -0.737. The van der Waals surface area contributed by atoms with E-state index in [9.17, 15) is 9.90 Å². The number of nitrogens with zero attached hydrogens (tertiary/aromatic N) is 1. The minimum absolute atomic E-state index is 0.193. The quantitative estimate of drug-likeness (QED) is 0.707. The monoisotopic (exact) mass is 284 g/mol. The van der Waals surface area contributed by atoms with Gasteiger partial charge in [-0.25, -0.2) is 0 Å². The van der Waals surface area contributed by atoms with E-state index in [0.717, 1.165) is 26.0 Å². The maximum atomic E-state index is 11.7. The molecule has 2 unspecified atom stereocenters. The highest BCUT2D eigenvalue weighted by atomic mass is 16.5. The van der Waals surface area contributed by atoms with Gasteiger partial charge in [0.05, 0.1) is 6.61 Å². The fourth-order valence-corrected chi connectivity index (χ4v) is 3.51. The van der Waals surface area contributed by atoms with Crippen LogP contribution in [0.3, 0.4) is 0 Å². The fourth-order valence-electron chi connectivity index (χ4n) is 3.51. The van der Waals surface area contributed by atoms with Crippen LogP contribution in [0, 0.1) is 0 Å². The number of hydrogen-bond acceptors (Lipinski definition) is 4. The second-order valence-corrected chi connectivity index (χ2v) is 6.54. The smallest absolute Gasteiger partial charge is 0.323 e. The van der Waals surface area contributed by atoms with Gasteiger partial charge in [0.2, 0.25) is 0 Å². The lowest BCUT2D eigenvalue weighted by molar-refractivity contribution is -0.145. The Hall–Kier alpha value is -0.650. The molecule has 0 heterocycles. The molecule has 0 aromatic heterocycles. The van der Waals surface area contributed by atoms with Gasteiger partial charge in [0.25, 0.3) is 0 Å². The Bertz CT molecular complexity index is 344. The normalized spacial score (nSPS) is 30.4. The molecule has 2 rings (SSSR count). The summed E-state index contributed by atoms with van der Waals surface area (Å²) >= 11 is 0. The summed E-state index contributed by atoms with van der Waals surface area (Å²) in [5.74, 6) is -0.698. The van der Waals surface area contributed by atoms with Gasteiger partial charge in [0, 0.05) is 31.8 Å². The first-order valence-electron chi connectivity index (χ1n) is 7.74. The van der Waals surface area contributed by atoms with Crippen LogP contribution in [-0.2, 0) is 9.53 Å². The summed E-state index contributed by atoms with van der Waals surface area (Å²) in [6, 6.07) is 1.22. The lowest BCUT2D eigenvalue weighted by Crippen LogP contribution is -2.54. The maximum Gasteiger partial charge on any atom is 0.323 e. The minimum atomic E-state index is -0.737. The molecule has 0 radical (unpaired) electrons. The topological polar surface area (TPSA) is 61.8 Å². The Morgan fingerprint density at radius 1 is 1.40 bits per heavy atom. The minimum Gasteiger partial charge on any atom is -0.480 e. The van der Waals surface area contributed by atoms with Crippen LogP contribution in [0.15, 0.2) is 0 Å². The standard InChI is InChI=1S/C15H28N2O3/c1-11(2)16-15(14(18)19)7-6-13(10-15)17(8-9-20-3)12-4-5-12/h11-13,16H,4-10H2,1-3H3,(H,18,19). The van der Waals surface area contributed by atoms with Crippen molar-refractivity contribution in [3.63, 3.8) is 0 Å². The van der Waals surface area contributed by atoms with Crippen LogP contribution in [0.4, 0.5) is 0 Å². The Balaban J connectivity index is 2.02. The maximum absolute atomic E-state index is 11.7. The highest BCUT2D eigenvalue weighted by molar-refractivity contribution is 5.79. The first kappa shape index (κ1) is 15.7. The number of nitrogens with one attached hydrogen (secondary N) is 1. The molecule has 2 aliphatic rings. The molecule has 116 valence electrons. The molecule has 5 nitrogen and oxygen atoms in total. The molecule has 2 N–H and O–H groups in total. The van der Waals surface area contributed by atoms with Gasteiger partial charge in [-0.05, 0) is 46.0 Å². The van der Waals surface area contributed by atoms with Crippen LogP contribution < -0.4 is 5.32 Å². The predicted molar refractivity (Wildman–Crippen MR) is 77.9 cm³/mol. The third kappa shape index (κ3) is 3.51. The number of carboxylic acids is 1. The molecule has 0 spiro atoms. The second-order valence-electron chi connectivity index (χ2n) is 6.54. The number of carboxylic acid groups (broad SMARTS) is 1. The van der Waals surface area contributed by atoms with Crippen LogP contribution >= 0.6 is 0 Å². The summed E-state index contributed by atoms with van der Waals surface area (Å²) in [4.78, 5) is 14.2. The number of rotatable bonds is 8. The zero-order chi connectivity index (χ0) is 14.8. The average Bonchev–Trinajstić information content (AvgIpc) is 3.11.